The first kappa shape index (κ1) is 14.0. The molecule has 0 radical (unpaired) electrons. The van der Waals surface area contributed by atoms with Crippen molar-refractivity contribution >= 4 is 35.2 Å². The number of benzene rings is 1. The Morgan fingerprint density at radius 2 is 2.00 bits per heavy atom. The van der Waals surface area contributed by atoms with Crippen LogP contribution in [0.25, 0.3) is 6.08 Å². The van der Waals surface area contributed by atoms with Crippen LogP contribution in [0, 0.1) is 5.82 Å². The molecule has 0 aliphatic rings. The average Bonchev–Trinajstić information content (AvgIpc) is 2.25. The maximum Gasteiger partial charge on any atom is 0.216 e. The van der Waals surface area contributed by atoms with Crippen molar-refractivity contribution in [3.63, 3.8) is 0 Å². The smallest absolute Gasteiger partial charge is 0.216 e. The van der Waals surface area contributed by atoms with Crippen LogP contribution >= 0.6 is 23.2 Å². The minimum Gasteiger partial charge on any atom is -0.356 e. The Morgan fingerprint density at radius 1 is 1.41 bits per heavy atom. The molecule has 92 valence electrons. The van der Waals surface area contributed by atoms with Crippen molar-refractivity contribution in [3.05, 3.63) is 39.6 Å². The first-order valence-electron chi connectivity index (χ1n) is 5.06. The fraction of sp³-hybridized carbons (Fsp3) is 0.250. The van der Waals surface area contributed by atoms with Gasteiger partial charge in [0.2, 0.25) is 5.91 Å². The number of hydrogen-bond acceptors (Lipinski definition) is 1. The summed E-state index contributed by atoms with van der Waals surface area (Å²) < 4.78 is 13.1. The van der Waals surface area contributed by atoms with Crippen LogP contribution in [-0.4, -0.2) is 12.5 Å². The number of carbonyl (C=O) groups is 1. The van der Waals surface area contributed by atoms with Crippen LogP contribution < -0.4 is 5.32 Å². The molecule has 1 rings (SSSR count). The Bertz CT molecular complexity index is 423. The van der Waals surface area contributed by atoms with Gasteiger partial charge in [-0.15, -0.1) is 0 Å². The van der Waals surface area contributed by atoms with Gasteiger partial charge in [-0.05, 0) is 24.1 Å². The topological polar surface area (TPSA) is 29.1 Å². The van der Waals surface area contributed by atoms with E-state index < -0.39 is 5.82 Å². The van der Waals surface area contributed by atoms with E-state index in [-0.39, 0.29) is 16.0 Å². The first-order chi connectivity index (χ1) is 8.00. The second kappa shape index (κ2) is 6.62. The van der Waals surface area contributed by atoms with Crippen LogP contribution in [0.1, 0.15) is 18.9 Å². The number of nitrogens with one attached hydrogen (secondary N) is 1. The lowest BCUT2D eigenvalue weighted by Crippen LogP contribution is -2.20. The van der Waals surface area contributed by atoms with E-state index in [0.717, 1.165) is 5.56 Å². The summed E-state index contributed by atoms with van der Waals surface area (Å²) in [5.74, 6) is -0.671. The molecular weight excluding hydrogens is 264 g/mol. The standard InChI is InChI=1S/C12H12Cl2FNO/c1-8(17)16-5-3-2-4-9-6-10(13)12(15)11(14)7-9/h2,4,6-7H,3,5H2,1H3,(H,16,17). The highest BCUT2D eigenvalue weighted by molar-refractivity contribution is 6.35. The molecule has 1 aromatic rings. The summed E-state index contributed by atoms with van der Waals surface area (Å²) in [5.41, 5.74) is 0.726. The van der Waals surface area contributed by atoms with E-state index in [2.05, 4.69) is 5.32 Å². The molecule has 17 heavy (non-hydrogen) atoms. The summed E-state index contributed by atoms with van der Waals surface area (Å²) in [4.78, 5) is 10.6. The maximum atomic E-state index is 13.1. The van der Waals surface area contributed by atoms with E-state index in [1.165, 1.54) is 19.1 Å². The van der Waals surface area contributed by atoms with Crippen LogP contribution in [0.2, 0.25) is 10.0 Å². The molecule has 0 spiro atoms. The average molecular weight is 276 g/mol. The van der Waals surface area contributed by atoms with Crippen molar-refractivity contribution in [2.75, 3.05) is 6.54 Å². The van der Waals surface area contributed by atoms with E-state index in [1.54, 1.807) is 6.08 Å². The molecule has 0 aliphatic heterocycles. The highest BCUT2D eigenvalue weighted by Gasteiger charge is 2.05. The Hall–Kier alpha value is -1.06. The first-order valence-corrected chi connectivity index (χ1v) is 5.82. The van der Waals surface area contributed by atoms with Gasteiger partial charge in [-0.2, -0.15) is 0 Å². The fourth-order valence-electron chi connectivity index (χ4n) is 1.22. The van der Waals surface area contributed by atoms with E-state index in [9.17, 15) is 9.18 Å². The van der Waals surface area contributed by atoms with Gasteiger partial charge >= 0.3 is 0 Å². The SMILES string of the molecule is CC(=O)NCCC=Cc1cc(Cl)c(F)c(Cl)c1. The van der Waals surface area contributed by atoms with Crippen LogP contribution in [0.15, 0.2) is 18.2 Å². The molecule has 0 unspecified atom stereocenters. The lowest BCUT2D eigenvalue weighted by Gasteiger charge is -2.00. The summed E-state index contributed by atoms with van der Waals surface area (Å²) in [5, 5.41) is 2.66. The molecule has 2 nitrogen and oxygen atoms in total. The van der Waals surface area contributed by atoms with Gasteiger partial charge in [0, 0.05) is 13.5 Å². The summed E-state index contributed by atoms with van der Waals surface area (Å²) in [6.45, 7) is 2.03. The molecule has 0 fully saturated rings. The van der Waals surface area contributed by atoms with Gasteiger partial charge in [0.05, 0.1) is 10.0 Å². The second-order valence-electron chi connectivity index (χ2n) is 3.47. The van der Waals surface area contributed by atoms with Crippen LogP contribution in [0.3, 0.4) is 0 Å². The number of rotatable bonds is 4. The van der Waals surface area contributed by atoms with Gasteiger partial charge < -0.3 is 5.32 Å². The van der Waals surface area contributed by atoms with Gasteiger partial charge in [0.15, 0.2) is 5.82 Å². The largest absolute Gasteiger partial charge is 0.356 e. The normalized spacial score (nSPS) is 10.8. The van der Waals surface area contributed by atoms with Gasteiger partial charge in [0.25, 0.3) is 0 Å². The van der Waals surface area contributed by atoms with Crippen molar-refractivity contribution in [1.82, 2.24) is 5.32 Å². The molecule has 0 saturated heterocycles. The van der Waals surface area contributed by atoms with Gasteiger partial charge in [-0.3, -0.25) is 4.79 Å². The summed E-state index contributed by atoms with van der Waals surface area (Å²) in [7, 11) is 0. The second-order valence-corrected chi connectivity index (χ2v) is 4.29. The molecule has 0 saturated carbocycles. The minimum atomic E-state index is -0.608. The van der Waals surface area contributed by atoms with Gasteiger partial charge in [-0.1, -0.05) is 35.4 Å². The van der Waals surface area contributed by atoms with Crippen molar-refractivity contribution in [2.45, 2.75) is 13.3 Å². The minimum absolute atomic E-state index is 0.000916. The van der Waals surface area contributed by atoms with E-state index in [0.29, 0.717) is 13.0 Å². The number of amides is 1. The van der Waals surface area contributed by atoms with Crippen LogP contribution in [-0.2, 0) is 4.79 Å². The Morgan fingerprint density at radius 3 is 2.53 bits per heavy atom. The molecular formula is C12H12Cl2FNO. The molecule has 0 aromatic heterocycles. The molecule has 1 N–H and O–H groups in total. The van der Waals surface area contributed by atoms with E-state index >= 15 is 0 Å². The predicted octanol–water partition coefficient (Wildman–Crippen LogP) is 3.67. The quantitative estimate of drug-likeness (QED) is 0.659. The lowest BCUT2D eigenvalue weighted by atomic mass is 10.2. The molecule has 0 bridgehead atoms. The Balaban J connectivity index is 2.57. The van der Waals surface area contributed by atoms with Crippen molar-refractivity contribution in [1.29, 1.82) is 0 Å². The molecule has 5 heteroatoms. The monoisotopic (exact) mass is 275 g/mol. The maximum absolute atomic E-state index is 13.1. The summed E-state index contributed by atoms with van der Waals surface area (Å²) in [6.07, 6.45) is 4.32. The number of halogens is 3. The molecule has 0 heterocycles. The van der Waals surface area contributed by atoms with Gasteiger partial charge in [-0.25, -0.2) is 4.39 Å². The van der Waals surface area contributed by atoms with E-state index in [4.69, 9.17) is 23.2 Å². The van der Waals surface area contributed by atoms with Crippen LogP contribution in [0.5, 0.6) is 0 Å². The highest BCUT2D eigenvalue weighted by Crippen LogP contribution is 2.25. The Labute approximate surface area is 109 Å². The number of hydrogen-bond donors (Lipinski definition) is 1. The predicted molar refractivity (Wildman–Crippen MR) is 68.8 cm³/mol. The van der Waals surface area contributed by atoms with E-state index in [1.807, 2.05) is 6.08 Å². The fourth-order valence-corrected chi connectivity index (χ4v) is 1.73. The Kier molecular flexibility index (Phi) is 5.45. The molecule has 1 amide bonds. The van der Waals surface area contributed by atoms with Crippen molar-refractivity contribution < 1.29 is 9.18 Å². The van der Waals surface area contributed by atoms with Crippen molar-refractivity contribution in [3.8, 4) is 0 Å². The molecule has 0 aliphatic carbocycles. The van der Waals surface area contributed by atoms with Gasteiger partial charge in [0.1, 0.15) is 0 Å². The zero-order valence-corrected chi connectivity index (χ0v) is 10.8. The van der Waals surface area contributed by atoms with Crippen molar-refractivity contribution in [2.24, 2.45) is 0 Å². The third-order valence-electron chi connectivity index (χ3n) is 2.00. The summed E-state index contributed by atoms with van der Waals surface area (Å²) in [6, 6.07) is 3.00. The highest BCUT2D eigenvalue weighted by atomic mass is 35.5. The molecule has 0 atom stereocenters. The third-order valence-corrected chi connectivity index (χ3v) is 2.55. The third kappa shape index (κ3) is 4.75. The zero-order valence-electron chi connectivity index (χ0n) is 9.27. The molecule has 1 aromatic carbocycles. The zero-order chi connectivity index (χ0) is 12.8. The lowest BCUT2D eigenvalue weighted by molar-refractivity contribution is -0.118. The van der Waals surface area contributed by atoms with Crippen LogP contribution in [0.4, 0.5) is 4.39 Å². The number of carbonyl (C=O) groups excluding carboxylic acids is 1. The summed E-state index contributed by atoms with van der Waals surface area (Å²) >= 11 is 11.3.